The molecule has 2 heterocycles. The summed E-state index contributed by atoms with van der Waals surface area (Å²) in [6.45, 7) is 5.73. The zero-order valence-corrected chi connectivity index (χ0v) is 10.5. The minimum Gasteiger partial charge on any atom is -0.425 e. The normalized spacial score (nSPS) is 9.41. The fraction of sp³-hybridized carbons (Fsp3) is 0.333. The van der Waals surface area contributed by atoms with Crippen LogP contribution in [0.5, 0.6) is 0 Å². The van der Waals surface area contributed by atoms with Crippen LogP contribution in [0.1, 0.15) is 19.7 Å². The van der Waals surface area contributed by atoms with Crippen molar-refractivity contribution in [1.82, 2.24) is 9.55 Å². The number of hydrogen-bond donors (Lipinski definition) is 1. The third-order valence-corrected chi connectivity index (χ3v) is 2.06. The Bertz CT molecular complexity index is 529. The molecule has 0 saturated carbocycles. The van der Waals surface area contributed by atoms with E-state index in [1.54, 1.807) is 32.3 Å². The van der Waals surface area contributed by atoms with Crippen LogP contribution in [0.4, 0.5) is 5.69 Å². The van der Waals surface area contributed by atoms with Crippen molar-refractivity contribution in [3.8, 4) is 5.88 Å². The molecule has 0 aromatic carbocycles. The molecule has 2 aromatic heterocycles. The van der Waals surface area contributed by atoms with Crippen molar-refractivity contribution in [3.05, 3.63) is 40.8 Å². The quantitative estimate of drug-likeness (QED) is 0.866. The Labute approximate surface area is 100 Å². The van der Waals surface area contributed by atoms with E-state index in [9.17, 15) is 4.79 Å². The Hall–Kier alpha value is -2.04. The third-order valence-electron chi connectivity index (χ3n) is 2.06. The molecule has 5 nitrogen and oxygen atoms in total. The largest absolute Gasteiger partial charge is 0.425 e. The van der Waals surface area contributed by atoms with Gasteiger partial charge in [-0.05, 0) is 12.1 Å². The molecule has 2 rings (SSSR count). The van der Waals surface area contributed by atoms with Crippen molar-refractivity contribution >= 4 is 5.69 Å². The van der Waals surface area contributed by atoms with Gasteiger partial charge >= 0.3 is 0 Å². The molecule has 17 heavy (non-hydrogen) atoms. The van der Waals surface area contributed by atoms with Crippen LogP contribution < -0.4 is 10.9 Å². The molecular formula is C12H17N3O2. The highest BCUT2D eigenvalue weighted by Crippen LogP contribution is 2.08. The minimum atomic E-state index is -0.156. The number of anilines is 1. The average Bonchev–Trinajstić information content (AvgIpc) is 2.78. The predicted molar refractivity (Wildman–Crippen MR) is 67.7 cm³/mol. The van der Waals surface area contributed by atoms with Gasteiger partial charge in [0.05, 0.1) is 6.20 Å². The highest BCUT2D eigenvalue weighted by Gasteiger charge is 2.06. The lowest BCUT2D eigenvalue weighted by Crippen LogP contribution is -2.19. The van der Waals surface area contributed by atoms with Crippen molar-refractivity contribution in [1.29, 1.82) is 0 Å². The van der Waals surface area contributed by atoms with E-state index in [1.165, 1.54) is 10.8 Å². The van der Waals surface area contributed by atoms with Crippen LogP contribution in [0.3, 0.4) is 0 Å². The van der Waals surface area contributed by atoms with Gasteiger partial charge in [-0.25, -0.2) is 4.98 Å². The number of hydrogen-bond acceptors (Lipinski definition) is 4. The maximum absolute atomic E-state index is 11.8. The summed E-state index contributed by atoms with van der Waals surface area (Å²) in [5.74, 6) is 0.960. The molecule has 0 atom stereocenters. The van der Waals surface area contributed by atoms with Crippen molar-refractivity contribution in [3.63, 3.8) is 0 Å². The van der Waals surface area contributed by atoms with Gasteiger partial charge in [-0.2, -0.15) is 0 Å². The smallest absolute Gasteiger partial charge is 0.280 e. The van der Waals surface area contributed by atoms with E-state index in [2.05, 4.69) is 10.3 Å². The summed E-state index contributed by atoms with van der Waals surface area (Å²) in [4.78, 5) is 15.8. The molecule has 0 saturated heterocycles. The summed E-state index contributed by atoms with van der Waals surface area (Å²) < 4.78 is 6.68. The van der Waals surface area contributed by atoms with E-state index in [-0.39, 0.29) is 5.56 Å². The molecule has 0 radical (unpaired) electrons. The lowest BCUT2D eigenvalue weighted by Gasteiger charge is -2.03. The van der Waals surface area contributed by atoms with Crippen LogP contribution in [-0.2, 0) is 0 Å². The molecule has 0 amide bonds. The Morgan fingerprint density at radius 1 is 1.41 bits per heavy atom. The molecule has 0 bridgehead atoms. The summed E-state index contributed by atoms with van der Waals surface area (Å²) >= 11 is 0. The Morgan fingerprint density at radius 3 is 2.65 bits per heavy atom. The van der Waals surface area contributed by atoms with Gasteiger partial charge in [0.1, 0.15) is 5.69 Å². The first-order valence-electron chi connectivity index (χ1n) is 5.54. The summed E-state index contributed by atoms with van der Waals surface area (Å²) in [7, 11) is 1.70. The molecule has 0 fully saturated rings. The molecule has 0 unspecified atom stereocenters. The maximum Gasteiger partial charge on any atom is 0.280 e. The number of nitrogens with zero attached hydrogens (tertiary/aromatic N) is 2. The molecule has 0 aliphatic heterocycles. The predicted octanol–water partition coefficient (Wildman–Crippen LogP) is 2.20. The fourth-order valence-corrected chi connectivity index (χ4v) is 1.32. The first-order chi connectivity index (χ1) is 8.22. The van der Waals surface area contributed by atoms with Gasteiger partial charge in [0.25, 0.3) is 5.56 Å². The molecule has 1 N–H and O–H groups in total. The van der Waals surface area contributed by atoms with E-state index in [0.29, 0.717) is 17.5 Å². The second-order valence-electron chi connectivity index (χ2n) is 3.06. The summed E-state index contributed by atoms with van der Waals surface area (Å²) in [6, 6.07) is 3.48. The molecule has 0 aliphatic rings. The highest BCUT2D eigenvalue weighted by atomic mass is 16.4. The zero-order chi connectivity index (χ0) is 12.8. The van der Waals surface area contributed by atoms with E-state index < -0.39 is 0 Å². The van der Waals surface area contributed by atoms with Gasteiger partial charge in [-0.1, -0.05) is 13.8 Å². The van der Waals surface area contributed by atoms with Crippen LogP contribution in [0, 0.1) is 6.92 Å². The summed E-state index contributed by atoms with van der Waals surface area (Å²) in [5.41, 5.74) is 0.364. The minimum absolute atomic E-state index is 0.156. The van der Waals surface area contributed by atoms with E-state index in [0.717, 1.165) is 0 Å². The standard InChI is InChI=1S/C10H11N3O2.C2H6/c1-7-12-6-9(15-7)13-5-3-4-8(11-2)10(13)14;1-2/h3-6,11H,1-2H3;1-2H3. The van der Waals surface area contributed by atoms with Gasteiger partial charge in [0.15, 0.2) is 5.89 Å². The number of oxazole rings is 1. The lowest BCUT2D eigenvalue weighted by atomic mass is 10.4. The Balaban J connectivity index is 0.000000686. The maximum atomic E-state index is 11.8. The highest BCUT2D eigenvalue weighted by molar-refractivity contribution is 5.41. The second kappa shape index (κ2) is 5.89. The number of rotatable bonds is 2. The number of aromatic nitrogens is 2. The number of nitrogens with one attached hydrogen (secondary N) is 1. The van der Waals surface area contributed by atoms with Crippen molar-refractivity contribution in [2.24, 2.45) is 0 Å². The van der Waals surface area contributed by atoms with Crippen molar-refractivity contribution < 1.29 is 4.42 Å². The molecule has 5 heteroatoms. The monoisotopic (exact) mass is 235 g/mol. The zero-order valence-electron chi connectivity index (χ0n) is 10.5. The van der Waals surface area contributed by atoms with E-state index in [4.69, 9.17) is 4.42 Å². The number of aryl methyl sites for hydroxylation is 1. The van der Waals surface area contributed by atoms with Gasteiger partial charge in [-0.3, -0.25) is 9.36 Å². The molecule has 0 spiro atoms. The van der Waals surface area contributed by atoms with Gasteiger partial charge in [0, 0.05) is 20.2 Å². The van der Waals surface area contributed by atoms with Crippen molar-refractivity contribution in [2.75, 3.05) is 12.4 Å². The SMILES string of the molecule is CC.CNc1cccn(-c2cnc(C)o2)c1=O. The van der Waals surface area contributed by atoms with Crippen LogP contribution in [-0.4, -0.2) is 16.6 Å². The lowest BCUT2D eigenvalue weighted by molar-refractivity contribution is 0.497. The van der Waals surface area contributed by atoms with Crippen molar-refractivity contribution in [2.45, 2.75) is 20.8 Å². The second-order valence-corrected chi connectivity index (χ2v) is 3.06. The molecule has 2 aromatic rings. The average molecular weight is 235 g/mol. The van der Waals surface area contributed by atoms with E-state index >= 15 is 0 Å². The first kappa shape index (κ1) is 13.0. The third kappa shape index (κ3) is 2.75. The Morgan fingerprint density at radius 2 is 2.12 bits per heavy atom. The number of pyridine rings is 1. The molecule has 0 aliphatic carbocycles. The van der Waals surface area contributed by atoms with Gasteiger partial charge in [0.2, 0.25) is 5.88 Å². The molecule has 92 valence electrons. The van der Waals surface area contributed by atoms with Crippen LogP contribution in [0.15, 0.2) is 33.7 Å². The van der Waals surface area contributed by atoms with Crippen LogP contribution in [0.25, 0.3) is 5.88 Å². The molecular weight excluding hydrogens is 218 g/mol. The topological polar surface area (TPSA) is 60.1 Å². The summed E-state index contributed by atoms with van der Waals surface area (Å²) in [5, 5.41) is 2.82. The first-order valence-corrected chi connectivity index (χ1v) is 5.54. The van der Waals surface area contributed by atoms with E-state index in [1.807, 2.05) is 13.8 Å². The summed E-state index contributed by atoms with van der Waals surface area (Å²) in [6.07, 6.45) is 3.17. The van der Waals surface area contributed by atoms with Gasteiger partial charge in [-0.15, -0.1) is 0 Å². The van der Waals surface area contributed by atoms with Gasteiger partial charge < -0.3 is 9.73 Å². The van der Waals surface area contributed by atoms with Crippen LogP contribution >= 0.6 is 0 Å². The fourth-order valence-electron chi connectivity index (χ4n) is 1.32. The van der Waals surface area contributed by atoms with Crippen LogP contribution in [0.2, 0.25) is 0 Å². The Kier molecular flexibility index (Phi) is 4.51.